The molecule has 1 N–H and O–H groups in total. The lowest BCUT2D eigenvalue weighted by molar-refractivity contribution is 0.0655. The molecule has 1 aliphatic heterocycles. The van der Waals surface area contributed by atoms with Gasteiger partial charge in [0.15, 0.2) is 0 Å². The minimum absolute atomic E-state index is 0.423. The molecule has 0 spiro atoms. The lowest BCUT2D eigenvalue weighted by Crippen LogP contribution is -2.17. The van der Waals surface area contributed by atoms with Crippen molar-refractivity contribution in [2.24, 2.45) is 0 Å². The molecule has 0 saturated carbocycles. The second-order valence-electron chi connectivity index (χ2n) is 2.87. The van der Waals surface area contributed by atoms with E-state index in [1.807, 2.05) is 7.05 Å². The highest BCUT2D eigenvalue weighted by Crippen LogP contribution is 2.04. The average molecular weight is 157 g/mol. The van der Waals surface area contributed by atoms with Crippen LogP contribution in [-0.4, -0.2) is 39.4 Å². The van der Waals surface area contributed by atoms with Gasteiger partial charge in [-0.2, -0.15) is 0 Å². The van der Waals surface area contributed by atoms with Gasteiger partial charge in [-0.3, -0.25) is 0 Å². The first kappa shape index (κ1) is 8.97. The van der Waals surface area contributed by atoms with Crippen LogP contribution >= 0.6 is 0 Å². The first-order chi connectivity index (χ1) is 5.43. The molecule has 0 aromatic carbocycles. The first-order valence-corrected chi connectivity index (χ1v) is 4.33. The van der Waals surface area contributed by atoms with Crippen LogP contribution in [0.5, 0.6) is 0 Å². The van der Waals surface area contributed by atoms with Crippen molar-refractivity contribution in [1.82, 2.24) is 10.6 Å². The number of hydrogen-bond donors (Lipinski definition) is 1. The molecule has 1 atom stereocenters. The minimum Gasteiger partial charge on any atom is -0.377 e. The van der Waals surface area contributed by atoms with Gasteiger partial charge in [0.25, 0.3) is 0 Å². The number of rotatable bonds is 5. The third-order valence-electron chi connectivity index (χ3n) is 1.87. The molecule has 0 aromatic heterocycles. The SMILES string of the molecule is CNCCCOC1CC[N]C1. The Morgan fingerprint density at radius 3 is 3.18 bits per heavy atom. The van der Waals surface area contributed by atoms with Crippen molar-refractivity contribution >= 4 is 0 Å². The standard InChI is InChI=1S/C8H17N2O/c1-9-4-2-6-11-8-3-5-10-7-8/h8-9H,2-7H2,1H3. The van der Waals surface area contributed by atoms with Crippen molar-refractivity contribution in [3.05, 3.63) is 0 Å². The summed E-state index contributed by atoms with van der Waals surface area (Å²) >= 11 is 0. The van der Waals surface area contributed by atoms with E-state index in [9.17, 15) is 0 Å². The predicted molar refractivity (Wildman–Crippen MR) is 44.8 cm³/mol. The highest BCUT2D eigenvalue weighted by molar-refractivity contribution is 4.70. The Balaban J connectivity index is 1.86. The lowest BCUT2D eigenvalue weighted by Gasteiger charge is -2.08. The van der Waals surface area contributed by atoms with E-state index in [0.717, 1.165) is 39.1 Å². The Labute approximate surface area is 68.5 Å². The fourth-order valence-corrected chi connectivity index (χ4v) is 1.20. The molecule has 1 radical (unpaired) electrons. The molecule has 0 amide bonds. The van der Waals surface area contributed by atoms with Gasteiger partial charge in [0.05, 0.1) is 6.10 Å². The highest BCUT2D eigenvalue weighted by atomic mass is 16.5. The second kappa shape index (κ2) is 5.52. The maximum atomic E-state index is 5.57. The summed E-state index contributed by atoms with van der Waals surface area (Å²) < 4.78 is 5.57. The Bertz CT molecular complexity index is 92.1. The van der Waals surface area contributed by atoms with E-state index in [1.165, 1.54) is 0 Å². The second-order valence-corrected chi connectivity index (χ2v) is 2.87. The Morgan fingerprint density at radius 2 is 2.55 bits per heavy atom. The minimum atomic E-state index is 0.423. The van der Waals surface area contributed by atoms with Crippen molar-refractivity contribution in [3.8, 4) is 0 Å². The molecule has 1 aliphatic rings. The molecule has 3 nitrogen and oxygen atoms in total. The number of hydrogen-bond acceptors (Lipinski definition) is 2. The molecular weight excluding hydrogens is 140 g/mol. The third kappa shape index (κ3) is 3.70. The molecule has 1 unspecified atom stereocenters. The molecule has 11 heavy (non-hydrogen) atoms. The van der Waals surface area contributed by atoms with Gasteiger partial charge in [0.1, 0.15) is 0 Å². The van der Waals surface area contributed by atoms with Gasteiger partial charge in [0, 0.05) is 19.7 Å². The number of nitrogens with zero attached hydrogens (tertiary/aromatic N) is 1. The third-order valence-corrected chi connectivity index (χ3v) is 1.87. The largest absolute Gasteiger partial charge is 0.377 e. The normalized spacial score (nSPS) is 24.3. The van der Waals surface area contributed by atoms with E-state index in [1.54, 1.807) is 0 Å². The zero-order valence-corrected chi connectivity index (χ0v) is 7.18. The molecule has 0 aliphatic carbocycles. The van der Waals surface area contributed by atoms with Crippen LogP contribution in [0.3, 0.4) is 0 Å². The molecular formula is C8H17N2O. The summed E-state index contributed by atoms with van der Waals surface area (Å²) in [7, 11) is 1.96. The molecule has 0 bridgehead atoms. The summed E-state index contributed by atoms with van der Waals surface area (Å²) in [4.78, 5) is 0. The molecule has 1 saturated heterocycles. The Morgan fingerprint density at radius 1 is 1.64 bits per heavy atom. The monoisotopic (exact) mass is 157 g/mol. The van der Waals surface area contributed by atoms with E-state index in [-0.39, 0.29) is 0 Å². The maximum Gasteiger partial charge on any atom is 0.0728 e. The van der Waals surface area contributed by atoms with Crippen LogP contribution in [-0.2, 0) is 4.74 Å². The van der Waals surface area contributed by atoms with Gasteiger partial charge >= 0.3 is 0 Å². The maximum absolute atomic E-state index is 5.57. The zero-order valence-electron chi connectivity index (χ0n) is 7.18. The highest BCUT2D eigenvalue weighted by Gasteiger charge is 2.14. The summed E-state index contributed by atoms with van der Waals surface area (Å²) in [5.41, 5.74) is 0. The molecule has 3 heteroatoms. The summed E-state index contributed by atoms with van der Waals surface area (Å²) in [6, 6.07) is 0. The van der Waals surface area contributed by atoms with Gasteiger partial charge in [-0.05, 0) is 26.4 Å². The van der Waals surface area contributed by atoms with Gasteiger partial charge in [0.2, 0.25) is 0 Å². The van der Waals surface area contributed by atoms with E-state index < -0.39 is 0 Å². The topological polar surface area (TPSA) is 35.4 Å². The predicted octanol–water partition coefficient (Wildman–Crippen LogP) is -0.0108. The van der Waals surface area contributed by atoms with Crippen LogP contribution in [0.1, 0.15) is 12.8 Å². The molecule has 1 heterocycles. The summed E-state index contributed by atoms with van der Waals surface area (Å²) in [6.45, 7) is 3.83. The first-order valence-electron chi connectivity index (χ1n) is 4.33. The van der Waals surface area contributed by atoms with Crippen LogP contribution in [0.4, 0.5) is 0 Å². The van der Waals surface area contributed by atoms with Gasteiger partial charge in [-0.25, -0.2) is 5.32 Å². The van der Waals surface area contributed by atoms with Gasteiger partial charge in [-0.1, -0.05) is 0 Å². The molecule has 0 aromatic rings. The quantitative estimate of drug-likeness (QED) is 0.570. The van der Waals surface area contributed by atoms with Crippen molar-refractivity contribution in [1.29, 1.82) is 0 Å². The van der Waals surface area contributed by atoms with Crippen molar-refractivity contribution < 1.29 is 4.74 Å². The smallest absolute Gasteiger partial charge is 0.0728 e. The van der Waals surface area contributed by atoms with Gasteiger partial charge < -0.3 is 10.1 Å². The number of nitrogens with one attached hydrogen (secondary N) is 1. The average Bonchev–Trinajstić information content (AvgIpc) is 2.50. The zero-order chi connectivity index (χ0) is 7.94. The fraction of sp³-hybridized carbons (Fsp3) is 1.00. The van der Waals surface area contributed by atoms with E-state index in [4.69, 9.17) is 4.74 Å². The van der Waals surface area contributed by atoms with Crippen molar-refractivity contribution in [2.75, 3.05) is 33.3 Å². The van der Waals surface area contributed by atoms with Crippen molar-refractivity contribution in [3.63, 3.8) is 0 Å². The molecule has 65 valence electrons. The molecule has 1 rings (SSSR count). The summed E-state index contributed by atoms with van der Waals surface area (Å²) in [5.74, 6) is 0. The van der Waals surface area contributed by atoms with E-state index in [0.29, 0.717) is 6.10 Å². The Hall–Kier alpha value is -0.120. The Kier molecular flexibility index (Phi) is 4.50. The number of ether oxygens (including phenoxy) is 1. The summed E-state index contributed by atoms with van der Waals surface area (Å²) in [5, 5.41) is 7.31. The van der Waals surface area contributed by atoms with Crippen LogP contribution < -0.4 is 10.6 Å². The molecule has 1 fully saturated rings. The van der Waals surface area contributed by atoms with E-state index in [2.05, 4.69) is 10.6 Å². The lowest BCUT2D eigenvalue weighted by atomic mass is 10.3. The van der Waals surface area contributed by atoms with Crippen LogP contribution in [0.25, 0.3) is 0 Å². The summed E-state index contributed by atoms with van der Waals surface area (Å²) in [6.07, 6.45) is 2.65. The van der Waals surface area contributed by atoms with Crippen LogP contribution in [0, 0.1) is 0 Å². The van der Waals surface area contributed by atoms with Crippen LogP contribution in [0.2, 0.25) is 0 Å². The van der Waals surface area contributed by atoms with Gasteiger partial charge in [-0.15, -0.1) is 0 Å². The van der Waals surface area contributed by atoms with E-state index >= 15 is 0 Å². The van der Waals surface area contributed by atoms with Crippen molar-refractivity contribution in [2.45, 2.75) is 18.9 Å². The van der Waals surface area contributed by atoms with Crippen LogP contribution in [0.15, 0.2) is 0 Å². The fourth-order valence-electron chi connectivity index (χ4n) is 1.20.